The van der Waals surface area contributed by atoms with Crippen LogP contribution in [0.1, 0.15) is 34.1 Å². The Morgan fingerprint density at radius 1 is 1.38 bits per heavy atom. The normalized spacial score (nSPS) is 15.2. The highest BCUT2D eigenvalue weighted by Crippen LogP contribution is 2.07. The molecule has 0 amide bonds. The van der Waals surface area contributed by atoms with Gasteiger partial charge in [-0.15, -0.1) is 0 Å². The highest BCUT2D eigenvalue weighted by molar-refractivity contribution is 5.03. The van der Waals surface area contributed by atoms with Gasteiger partial charge in [-0.05, 0) is 34.2 Å². The van der Waals surface area contributed by atoms with Gasteiger partial charge in [0.25, 0.3) is 0 Å². The van der Waals surface area contributed by atoms with Crippen LogP contribution in [0.2, 0.25) is 0 Å². The van der Waals surface area contributed by atoms with Gasteiger partial charge in [-0.1, -0.05) is 18.6 Å². The van der Waals surface area contributed by atoms with E-state index in [0.29, 0.717) is 12.1 Å². The van der Waals surface area contributed by atoms with Crippen LogP contribution in [0.15, 0.2) is 11.6 Å². The molecule has 0 aromatic rings. The lowest BCUT2D eigenvalue weighted by Gasteiger charge is -2.23. The summed E-state index contributed by atoms with van der Waals surface area (Å²) in [5.74, 6) is 0. The van der Waals surface area contributed by atoms with Crippen LogP contribution < -0.4 is 5.32 Å². The molecule has 1 N–H and O–H groups in total. The second-order valence-electron chi connectivity index (χ2n) is 3.46. The molecule has 2 nitrogen and oxygen atoms in total. The SMILES string of the molecule is CCOC(CC)C(C=C(C)C)NC. The highest BCUT2D eigenvalue weighted by atomic mass is 16.5. The molecule has 13 heavy (non-hydrogen) atoms. The van der Waals surface area contributed by atoms with Crippen LogP contribution in [0.25, 0.3) is 0 Å². The second-order valence-corrected chi connectivity index (χ2v) is 3.46. The van der Waals surface area contributed by atoms with Crippen molar-refractivity contribution in [3.05, 3.63) is 11.6 Å². The first kappa shape index (κ1) is 12.7. The van der Waals surface area contributed by atoms with Gasteiger partial charge in [0.1, 0.15) is 0 Å². The highest BCUT2D eigenvalue weighted by Gasteiger charge is 2.15. The zero-order chi connectivity index (χ0) is 10.3. The van der Waals surface area contributed by atoms with Crippen molar-refractivity contribution in [2.75, 3.05) is 13.7 Å². The first-order valence-electron chi connectivity index (χ1n) is 5.09. The average molecular weight is 185 g/mol. The third-order valence-electron chi connectivity index (χ3n) is 2.03. The Morgan fingerprint density at radius 2 is 2.00 bits per heavy atom. The van der Waals surface area contributed by atoms with E-state index < -0.39 is 0 Å². The number of ether oxygens (including phenoxy) is 1. The van der Waals surface area contributed by atoms with E-state index >= 15 is 0 Å². The summed E-state index contributed by atoms with van der Waals surface area (Å²) in [6, 6.07) is 0.343. The minimum absolute atomic E-state index is 0.296. The molecule has 78 valence electrons. The molecule has 0 aliphatic heterocycles. The topological polar surface area (TPSA) is 21.3 Å². The van der Waals surface area contributed by atoms with Crippen LogP contribution in [0.3, 0.4) is 0 Å². The Balaban J connectivity index is 4.24. The van der Waals surface area contributed by atoms with E-state index in [2.05, 4.69) is 32.2 Å². The fourth-order valence-electron chi connectivity index (χ4n) is 1.43. The third kappa shape index (κ3) is 5.06. The van der Waals surface area contributed by atoms with Crippen LogP contribution in [0.4, 0.5) is 0 Å². The smallest absolute Gasteiger partial charge is 0.0761 e. The van der Waals surface area contributed by atoms with Crippen LogP contribution in [0, 0.1) is 0 Å². The maximum atomic E-state index is 5.64. The van der Waals surface area contributed by atoms with Gasteiger partial charge in [0.05, 0.1) is 12.1 Å². The van der Waals surface area contributed by atoms with Crippen molar-refractivity contribution < 1.29 is 4.74 Å². The summed E-state index contributed by atoms with van der Waals surface area (Å²) in [7, 11) is 1.98. The van der Waals surface area contributed by atoms with Gasteiger partial charge in [-0.3, -0.25) is 0 Å². The van der Waals surface area contributed by atoms with E-state index in [4.69, 9.17) is 4.74 Å². The lowest BCUT2D eigenvalue weighted by molar-refractivity contribution is 0.0449. The molecule has 0 saturated carbocycles. The van der Waals surface area contributed by atoms with Crippen molar-refractivity contribution in [1.29, 1.82) is 0 Å². The van der Waals surface area contributed by atoms with Crippen LogP contribution in [0.5, 0.6) is 0 Å². The van der Waals surface area contributed by atoms with Gasteiger partial charge in [-0.25, -0.2) is 0 Å². The number of hydrogen-bond donors (Lipinski definition) is 1. The van der Waals surface area contributed by atoms with Crippen LogP contribution in [-0.2, 0) is 4.74 Å². The summed E-state index contributed by atoms with van der Waals surface area (Å²) in [5, 5.41) is 3.27. The van der Waals surface area contributed by atoms with Crippen LogP contribution in [-0.4, -0.2) is 25.8 Å². The van der Waals surface area contributed by atoms with Crippen molar-refractivity contribution in [3.63, 3.8) is 0 Å². The van der Waals surface area contributed by atoms with Gasteiger partial charge < -0.3 is 10.1 Å². The zero-order valence-electron chi connectivity index (χ0n) is 9.55. The molecular formula is C11H23NO. The quantitative estimate of drug-likeness (QED) is 0.641. The average Bonchev–Trinajstić information content (AvgIpc) is 2.10. The predicted octanol–water partition coefficient (Wildman–Crippen LogP) is 2.36. The largest absolute Gasteiger partial charge is 0.377 e. The summed E-state index contributed by atoms with van der Waals surface area (Å²) >= 11 is 0. The summed E-state index contributed by atoms with van der Waals surface area (Å²) < 4.78 is 5.64. The van der Waals surface area contributed by atoms with Crippen molar-refractivity contribution in [3.8, 4) is 0 Å². The van der Waals surface area contributed by atoms with E-state index in [1.54, 1.807) is 0 Å². The lowest BCUT2D eigenvalue weighted by atomic mass is 10.1. The number of nitrogens with one attached hydrogen (secondary N) is 1. The molecule has 2 atom stereocenters. The van der Waals surface area contributed by atoms with Crippen LogP contribution >= 0.6 is 0 Å². The van der Waals surface area contributed by atoms with Gasteiger partial charge in [0.2, 0.25) is 0 Å². The molecule has 0 heterocycles. The Kier molecular flexibility index (Phi) is 6.92. The molecule has 0 radical (unpaired) electrons. The molecule has 0 aliphatic carbocycles. The summed E-state index contributed by atoms with van der Waals surface area (Å²) in [6.45, 7) is 9.21. The molecule has 2 unspecified atom stereocenters. The zero-order valence-corrected chi connectivity index (χ0v) is 9.55. The molecule has 0 fully saturated rings. The van der Waals surface area contributed by atoms with E-state index in [1.807, 2.05) is 14.0 Å². The summed E-state index contributed by atoms with van der Waals surface area (Å²) in [4.78, 5) is 0. The van der Waals surface area contributed by atoms with Gasteiger partial charge >= 0.3 is 0 Å². The van der Waals surface area contributed by atoms with E-state index in [1.165, 1.54) is 5.57 Å². The monoisotopic (exact) mass is 185 g/mol. The minimum atomic E-state index is 0.296. The van der Waals surface area contributed by atoms with Crippen molar-refractivity contribution in [2.45, 2.75) is 46.3 Å². The number of hydrogen-bond acceptors (Lipinski definition) is 2. The van der Waals surface area contributed by atoms with Crippen molar-refractivity contribution >= 4 is 0 Å². The van der Waals surface area contributed by atoms with E-state index in [-0.39, 0.29) is 0 Å². The number of likely N-dealkylation sites (N-methyl/N-ethyl adjacent to an activating group) is 1. The van der Waals surface area contributed by atoms with Crippen molar-refractivity contribution in [1.82, 2.24) is 5.32 Å². The summed E-state index contributed by atoms with van der Waals surface area (Å²) in [6.07, 6.45) is 3.57. The Morgan fingerprint density at radius 3 is 2.31 bits per heavy atom. The van der Waals surface area contributed by atoms with Gasteiger partial charge in [-0.2, -0.15) is 0 Å². The molecule has 0 bridgehead atoms. The Hall–Kier alpha value is -0.340. The maximum Gasteiger partial charge on any atom is 0.0761 e. The molecule has 0 rings (SSSR count). The molecule has 0 saturated heterocycles. The standard InChI is InChI=1S/C11H23NO/c1-6-11(13-7-2)10(12-5)8-9(3)4/h8,10-12H,6-7H2,1-5H3. The van der Waals surface area contributed by atoms with Gasteiger partial charge in [0.15, 0.2) is 0 Å². The molecule has 2 heteroatoms. The summed E-state index contributed by atoms with van der Waals surface area (Å²) in [5.41, 5.74) is 1.33. The molecule has 0 aromatic heterocycles. The van der Waals surface area contributed by atoms with E-state index in [0.717, 1.165) is 13.0 Å². The first-order chi connectivity index (χ1) is 6.15. The molecular weight excluding hydrogens is 162 g/mol. The number of allylic oxidation sites excluding steroid dienone is 1. The fraction of sp³-hybridized carbons (Fsp3) is 0.818. The maximum absolute atomic E-state index is 5.64. The molecule has 0 spiro atoms. The fourth-order valence-corrected chi connectivity index (χ4v) is 1.43. The van der Waals surface area contributed by atoms with Crippen molar-refractivity contribution in [2.24, 2.45) is 0 Å². The minimum Gasteiger partial charge on any atom is -0.377 e. The lowest BCUT2D eigenvalue weighted by Crippen LogP contribution is -2.37. The second kappa shape index (κ2) is 7.10. The molecule has 0 aliphatic rings. The Bertz CT molecular complexity index is 150. The predicted molar refractivity (Wildman–Crippen MR) is 58.0 cm³/mol. The Labute approximate surface area is 82.4 Å². The third-order valence-corrected chi connectivity index (χ3v) is 2.03. The molecule has 0 aromatic carbocycles. The van der Waals surface area contributed by atoms with Gasteiger partial charge in [0, 0.05) is 6.61 Å². The first-order valence-corrected chi connectivity index (χ1v) is 5.09. The van der Waals surface area contributed by atoms with E-state index in [9.17, 15) is 0 Å². The number of rotatable bonds is 6.